The summed E-state index contributed by atoms with van der Waals surface area (Å²) in [5.74, 6) is 0. The fourth-order valence-electron chi connectivity index (χ4n) is 2.42. The molecule has 5 heteroatoms. The second-order valence-electron chi connectivity index (χ2n) is 5.10. The predicted octanol–water partition coefficient (Wildman–Crippen LogP) is 3.26. The zero-order valence-corrected chi connectivity index (χ0v) is 13.9. The van der Waals surface area contributed by atoms with E-state index < -0.39 is 6.10 Å². The molecule has 0 saturated heterocycles. The van der Waals surface area contributed by atoms with Crippen LogP contribution in [0.25, 0.3) is 0 Å². The zero-order chi connectivity index (χ0) is 14.9. The standard InChI is InChI=1S/C15H20BrN3O/c1-5-19-12(14(16)11(4)18-19)7-13(20)15-10(3)6-9(2)8-17-15/h6,8,13,20H,5,7H2,1-4H3. The van der Waals surface area contributed by atoms with Gasteiger partial charge in [0.15, 0.2) is 0 Å². The van der Waals surface area contributed by atoms with E-state index in [1.54, 1.807) is 6.20 Å². The lowest BCUT2D eigenvalue weighted by Gasteiger charge is -2.14. The third kappa shape index (κ3) is 2.94. The molecule has 4 nitrogen and oxygen atoms in total. The van der Waals surface area contributed by atoms with Gasteiger partial charge in [-0.25, -0.2) is 0 Å². The molecule has 0 aliphatic rings. The van der Waals surface area contributed by atoms with E-state index >= 15 is 0 Å². The van der Waals surface area contributed by atoms with Gasteiger partial charge in [0.25, 0.3) is 0 Å². The van der Waals surface area contributed by atoms with Gasteiger partial charge in [0, 0.05) is 19.2 Å². The number of aryl methyl sites for hydroxylation is 4. The summed E-state index contributed by atoms with van der Waals surface area (Å²) in [4.78, 5) is 4.37. The van der Waals surface area contributed by atoms with Crippen LogP contribution in [0.2, 0.25) is 0 Å². The summed E-state index contributed by atoms with van der Waals surface area (Å²) in [6.45, 7) is 8.78. The van der Waals surface area contributed by atoms with Crippen LogP contribution in [0.4, 0.5) is 0 Å². The quantitative estimate of drug-likeness (QED) is 0.931. The first-order valence-electron chi connectivity index (χ1n) is 6.77. The minimum atomic E-state index is -0.617. The van der Waals surface area contributed by atoms with Gasteiger partial charge in [0.2, 0.25) is 0 Å². The molecule has 1 atom stereocenters. The van der Waals surface area contributed by atoms with Crippen molar-refractivity contribution in [1.82, 2.24) is 14.8 Å². The summed E-state index contributed by atoms with van der Waals surface area (Å²) >= 11 is 3.56. The molecule has 0 bridgehead atoms. The van der Waals surface area contributed by atoms with E-state index in [0.29, 0.717) is 6.42 Å². The topological polar surface area (TPSA) is 50.9 Å². The van der Waals surface area contributed by atoms with Crippen molar-refractivity contribution >= 4 is 15.9 Å². The summed E-state index contributed by atoms with van der Waals surface area (Å²) in [6, 6.07) is 2.04. The van der Waals surface area contributed by atoms with Crippen molar-refractivity contribution in [2.75, 3.05) is 0 Å². The number of aliphatic hydroxyl groups excluding tert-OH is 1. The molecule has 0 aliphatic carbocycles. The average molecular weight is 338 g/mol. The number of aliphatic hydroxyl groups is 1. The highest BCUT2D eigenvalue weighted by Crippen LogP contribution is 2.27. The maximum Gasteiger partial charge on any atom is 0.102 e. The number of hydrogen-bond acceptors (Lipinski definition) is 3. The minimum absolute atomic E-state index is 0.506. The van der Waals surface area contributed by atoms with Crippen molar-refractivity contribution in [3.05, 3.63) is 44.9 Å². The van der Waals surface area contributed by atoms with Gasteiger partial charge in [-0.15, -0.1) is 0 Å². The molecule has 0 spiro atoms. The van der Waals surface area contributed by atoms with Gasteiger partial charge < -0.3 is 5.11 Å². The summed E-state index contributed by atoms with van der Waals surface area (Å²) in [5, 5.41) is 14.9. The SMILES string of the molecule is CCn1nc(C)c(Br)c1CC(O)c1ncc(C)cc1C. The van der Waals surface area contributed by atoms with Gasteiger partial charge in [-0.05, 0) is 54.8 Å². The zero-order valence-electron chi connectivity index (χ0n) is 12.3. The lowest BCUT2D eigenvalue weighted by Crippen LogP contribution is -2.11. The molecule has 1 N–H and O–H groups in total. The van der Waals surface area contributed by atoms with E-state index in [1.165, 1.54) is 0 Å². The number of rotatable bonds is 4. The van der Waals surface area contributed by atoms with Crippen molar-refractivity contribution in [2.45, 2.75) is 46.8 Å². The molecule has 0 saturated carbocycles. The monoisotopic (exact) mass is 337 g/mol. The van der Waals surface area contributed by atoms with Gasteiger partial charge in [-0.1, -0.05) is 6.07 Å². The number of pyridine rings is 1. The highest BCUT2D eigenvalue weighted by atomic mass is 79.9. The van der Waals surface area contributed by atoms with Crippen molar-refractivity contribution in [2.24, 2.45) is 0 Å². The van der Waals surface area contributed by atoms with Gasteiger partial charge in [0.05, 0.1) is 21.6 Å². The second kappa shape index (κ2) is 6.06. The minimum Gasteiger partial charge on any atom is -0.386 e. The summed E-state index contributed by atoms with van der Waals surface area (Å²) in [7, 11) is 0. The van der Waals surface area contributed by atoms with E-state index in [4.69, 9.17) is 0 Å². The predicted molar refractivity (Wildman–Crippen MR) is 82.7 cm³/mol. The Hall–Kier alpha value is -1.20. The van der Waals surface area contributed by atoms with Crippen molar-refractivity contribution in [3.8, 4) is 0 Å². The molecule has 2 rings (SSSR count). The Bertz CT molecular complexity index is 622. The van der Waals surface area contributed by atoms with E-state index in [2.05, 4.69) is 26.0 Å². The summed E-state index contributed by atoms with van der Waals surface area (Å²) in [5.41, 5.74) is 4.83. The number of hydrogen-bond donors (Lipinski definition) is 1. The van der Waals surface area contributed by atoms with E-state index in [-0.39, 0.29) is 0 Å². The molecular formula is C15H20BrN3O. The van der Waals surface area contributed by atoms with E-state index in [9.17, 15) is 5.11 Å². The van der Waals surface area contributed by atoms with Gasteiger partial charge in [-0.3, -0.25) is 9.67 Å². The van der Waals surface area contributed by atoms with Crippen LogP contribution in [0, 0.1) is 20.8 Å². The smallest absolute Gasteiger partial charge is 0.102 e. The van der Waals surface area contributed by atoms with Crippen LogP contribution < -0.4 is 0 Å². The molecule has 2 aromatic rings. The molecule has 20 heavy (non-hydrogen) atoms. The Balaban J connectivity index is 2.30. The first kappa shape index (κ1) is 15.2. The molecule has 1 unspecified atom stereocenters. The van der Waals surface area contributed by atoms with Crippen molar-refractivity contribution < 1.29 is 5.11 Å². The fraction of sp³-hybridized carbons (Fsp3) is 0.467. The van der Waals surface area contributed by atoms with Gasteiger partial charge in [0.1, 0.15) is 6.10 Å². The Morgan fingerprint density at radius 1 is 1.35 bits per heavy atom. The van der Waals surface area contributed by atoms with Crippen LogP contribution >= 0.6 is 15.9 Å². The molecule has 0 aromatic carbocycles. The second-order valence-corrected chi connectivity index (χ2v) is 5.89. The summed E-state index contributed by atoms with van der Waals surface area (Å²) in [6.07, 6.45) is 1.68. The Morgan fingerprint density at radius 3 is 2.65 bits per heavy atom. The Labute approximate surface area is 128 Å². The lowest BCUT2D eigenvalue weighted by atomic mass is 10.0. The normalized spacial score (nSPS) is 12.7. The molecule has 0 aliphatic heterocycles. The first-order valence-corrected chi connectivity index (χ1v) is 7.56. The van der Waals surface area contributed by atoms with Gasteiger partial charge in [-0.2, -0.15) is 5.10 Å². The number of nitrogens with zero attached hydrogens (tertiary/aromatic N) is 3. The first-order chi connectivity index (χ1) is 9.43. The van der Waals surface area contributed by atoms with E-state index in [0.717, 1.165) is 39.2 Å². The highest BCUT2D eigenvalue weighted by molar-refractivity contribution is 9.10. The number of halogens is 1. The maximum absolute atomic E-state index is 10.5. The van der Waals surface area contributed by atoms with Crippen molar-refractivity contribution in [3.63, 3.8) is 0 Å². The fourth-order valence-corrected chi connectivity index (χ4v) is 2.86. The molecular weight excluding hydrogens is 318 g/mol. The Morgan fingerprint density at radius 2 is 2.05 bits per heavy atom. The lowest BCUT2D eigenvalue weighted by molar-refractivity contribution is 0.169. The largest absolute Gasteiger partial charge is 0.386 e. The third-order valence-corrected chi connectivity index (χ3v) is 4.44. The molecule has 0 fully saturated rings. The van der Waals surface area contributed by atoms with Crippen molar-refractivity contribution in [1.29, 1.82) is 0 Å². The average Bonchev–Trinajstić information content (AvgIpc) is 2.66. The van der Waals surface area contributed by atoms with Crippen LogP contribution in [-0.4, -0.2) is 19.9 Å². The maximum atomic E-state index is 10.5. The van der Waals surface area contributed by atoms with Crippen LogP contribution in [-0.2, 0) is 13.0 Å². The van der Waals surface area contributed by atoms with Crippen LogP contribution in [0.1, 0.15) is 41.2 Å². The van der Waals surface area contributed by atoms with Gasteiger partial charge >= 0.3 is 0 Å². The molecule has 2 aromatic heterocycles. The number of aromatic nitrogens is 3. The molecule has 0 radical (unpaired) electrons. The van der Waals surface area contributed by atoms with Crippen LogP contribution in [0.5, 0.6) is 0 Å². The molecule has 0 amide bonds. The highest BCUT2D eigenvalue weighted by Gasteiger charge is 2.19. The van der Waals surface area contributed by atoms with Crippen LogP contribution in [0.15, 0.2) is 16.7 Å². The third-order valence-electron chi connectivity index (χ3n) is 3.41. The molecule has 108 valence electrons. The van der Waals surface area contributed by atoms with E-state index in [1.807, 2.05) is 38.4 Å². The summed E-state index contributed by atoms with van der Waals surface area (Å²) < 4.78 is 2.90. The van der Waals surface area contributed by atoms with Crippen LogP contribution in [0.3, 0.4) is 0 Å². The Kier molecular flexibility index (Phi) is 4.60. The molecule has 2 heterocycles.